The lowest BCUT2D eigenvalue weighted by Gasteiger charge is -2.04. The van der Waals surface area contributed by atoms with Crippen molar-refractivity contribution in [2.75, 3.05) is 13.2 Å². The quantitative estimate of drug-likeness (QED) is 0.729. The molecule has 0 saturated heterocycles. The van der Waals surface area contributed by atoms with E-state index in [0.717, 1.165) is 0 Å². The van der Waals surface area contributed by atoms with Crippen molar-refractivity contribution in [3.05, 3.63) is 11.7 Å². The molecule has 1 heterocycles. The Morgan fingerprint density at radius 1 is 1.62 bits per heavy atom. The largest absolute Gasteiger partial charge is 0.371 e. The number of aromatic nitrogens is 2. The zero-order valence-electron chi connectivity index (χ0n) is 7.99. The van der Waals surface area contributed by atoms with E-state index in [1.165, 1.54) is 0 Å². The predicted molar refractivity (Wildman–Crippen MR) is 47.1 cm³/mol. The maximum atomic E-state index is 5.35. The lowest BCUT2D eigenvalue weighted by atomic mass is 10.4. The van der Waals surface area contributed by atoms with E-state index < -0.39 is 0 Å². The molecule has 0 radical (unpaired) electrons. The number of nitrogens with two attached hydrogens (primary N) is 1. The van der Waals surface area contributed by atoms with Gasteiger partial charge < -0.3 is 15.0 Å². The molecule has 13 heavy (non-hydrogen) atoms. The summed E-state index contributed by atoms with van der Waals surface area (Å²) in [6.07, 6.45) is 0.506. The number of ether oxygens (including phenoxy) is 1. The highest BCUT2D eigenvalue weighted by molar-refractivity contribution is 4.89. The Morgan fingerprint density at radius 3 is 3.00 bits per heavy atom. The Balaban J connectivity index is 2.56. The molecule has 0 aromatic carbocycles. The van der Waals surface area contributed by atoms with Gasteiger partial charge in [0.25, 0.3) is 0 Å². The maximum absolute atomic E-state index is 5.35. The van der Waals surface area contributed by atoms with Crippen molar-refractivity contribution in [1.82, 2.24) is 10.1 Å². The SMILES string of the molecule is CCOC(C)c1noc(CCN)n1. The van der Waals surface area contributed by atoms with Crippen LogP contribution in [0, 0.1) is 0 Å². The first-order valence-corrected chi connectivity index (χ1v) is 4.42. The van der Waals surface area contributed by atoms with Crippen LogP contribution in [0.2, 0.25) is 0 Å². The van der Waals surface area contributed by atoms with Gasteiger partial charge in [-0.05, 0) is 13.8 Å². The van der Waals surface area contributed by atoms with Crippen molar-refractivity contribution in [2.24, 2.45) is 5.73 Å². The minimum absolute atomic E-state index is 0.111. The van der Waals surface area contributed by atoms with Gasteiger partial charge in [0.1, 0.15) is 6.10 Å². The van der Waals surface area contributed by atoms with Crippen molar-refractivity contribution in [1.29, 1.82) is 0 Å². The summed E-state index contributed by atoms with van der Waals surface area (Å²) in [5.41, 5.74) is 5.35. The number of hydrogen-bond donors (Lipinski definition) is 1. The molecule has 0 fully saturated rings. The minimum Gasteiger partial charge on any atom is -0.371 e. The third-order valence-electron chi connectivity index (χ3n) is 1.62. The van der Waals surface area contributed by atoms with Crippen LogP contribution in [0.5, 0.6) is 0 Å². The van der Waals surface area contributed by atoms with Crippen LogP contribution in [-0.2, 0) is 11.2 Å². The van der Waals surface area contributed by atoms with Crippen LogP contribution in [0.3, 0.4) is 0 Å². The van der Waals surface area contributed by atoms with Crippen molar-refractivity contribution in [3.8, 4) is 0 Å². The summed E-state index contributed by atoms with van der Waals surface area (Å²) in [7, 11) is 0. The molecule has 1 aromatic heterocycles. The van der Waals surface area contributed by atoms with E-state index in [2.05, 4.69) is 10.1 Å². The summed E-state index contributed by atoms with van der Waals surface area (Å²) >= 11 is 0. The molecule has 0 aliphatic carbocycles. The number of nitrogens with zero attached hydrogens (tertiary/aromatic N) is 2. The first-order chi connectivity index (χ1) is 6.27. The van der Waals surface area contributed by atoms with Crippen LogP contribution in [0.1, 0.15) is 31.7 Å². The highest BCUT2D eigenvalue weighted by atomic mass is 16.5. The van der Waals surface area contributed by atoms with Gasteiger partial charge >= 0.3 is 0 Å². The van der Waals surface area contributed by atoms with Crippen LogP contribution in [0.25, 0.3) is 0 Å². The first-order valence-electron chi connectivity index (χ1n) is 4.42. The Kier molecular flexibility index (Phi) is 3.85. The molecule has 1 aromatic rings. The molecule has 0 saturated carbocycles. The zero-order valence-corrected chi connectivity index (χ0v) is 7.99. The van der Waals surface area contributed by atoms with E-state index in [1.54, 1.807) is 0 Å². The summed E-state index contributed by atoms with van der Waals surface area (Å²) in [5, 5.41) is 3.79. The highest BCUT2D eigenvalue weighted by Crippen LogP contribution is 2.12. The molecular formula is C8H15N3O2. The standard InChI is InChI=1S/C8H15N3O2/c1-3-12-6(2)8-10-7(4-5-9)13-11-8/h6H,3-5,9H2,1-2H3. The normalized spacial score (nSPS) is 13.2. The van der Waals surface area contributed by atoms with E-state index in [9.17, 15) is 0 Å². The number of hydrogen-bond acceptors (Lipinski definition) is 5. The van der Waals surface area contributed by atoms with Crippen molar-refractivity contribution in [3.63, 3.8) is 0 Å². The van der Waals surface area contributed by atoms with Crippen LogP contribution in [-0.4, -0.2) is 23.3 Å². The lowest BCUT2D eigenvalue weighted by Crippen LogP contribution is -2.04. The second kappa shape index (κ2) is 4.94. The summed E-state index contributed by atoms with van der Waals surface area (Å²) in [4.78, 5) is 4.14. The van der Waals surface area contributed by atoms with E-state index in [1.807, 2.05) is 13.8 Å². The summed E-state index contributed by atoms with van der Waals surface area (Å²) in [6, 6.07) is 0. The topological polar surface area (TPSA) is 74.2 Å². The average molecular weight is 185 g/mol. The average Bonchev–Trinajstić information content (AvgIpc) is 2.54. The Hall–Kier alpha value is -0.940. The second-order valence-corrected chi connectivity index (χ2v) is 2.68. The van der Waals surface area contributed by atoms with Crippen LogP contribution >= 0.6 is 0 Å². The minimum atomic E-state index is -0.111. The fourth-order valence-corrected chi connectivity index (χ4v) is 0.983. The second-order valence-electron chi connectivity index (χ2n) is 2.68. The summed E-state index contributed by atoms with van der Waals surface area (Å²) in [5.74, 6) is 1.16. The maximum Gasteiger partial charge on any atom is 0.228 e. The van der Waals surface area contributed by atoms with E-state index >= 15 is 0 Å². The molecule has 0 amide bonds. The monoisotopic (exact) mass is 185 g/mol. The molecule has 0 aliphatic heterocycles. The zero-order chi connectivity index (χ0) is 9.68. The van der Waals surface area contributed by atoms with Crippen molar-refractivity contribution in [2.45, 2.75) is 26.4 Å². The summed E-state index contributed by atoms with van der Waals surface area (Å²) < 4.78 is 10.3. The van der Waals surface area contributed by atoms with Gasteiger partial charge in [-0.3, -0.25) is 0 Å². The number of rotatable bonds is 5. The summed E-state index contributed by atoms with van der Waals surface area (Å²) in [6.45, 7) is 4.98. The van der Waals surface area contributed by atoms with Crippen molar-refractivity contribution < 1.29 is 9.26 Å². The van der Waals surface area contributed by atoms with Gasteiger partial charge in [0, 0.05) is 19.6 Å². The highest BCUT2D eigenvalue weighted by Gasteiger charge is 2.12. The molecule has 1 rings (SSSR count). The Bertz CT molecular complexity index is 249. The van der Waals surface area contributed by atoms with Gasteiger partial charge in [0.15, 0.2) is 5.82 Å². The molecule has 74 valence electrons. The molecule has 5 heteroatoms. The van der Waals surface area contributed by atoms with Crippen molar-refractivity contribution >= 4 is 0 Å². The predicted octanol–water partition coefficient (Wildman–Crippen LogP) is 0.668. The molecule has 2 N–H and O–H groups in total. The van der Waals surface area contributed by atoms with Gasteiger partial charge in [-0.25, -0.2) is 0 Å². The van der Waals surface area contributed by atoms with E-state index in [4.69, 9.17) is 15.0 Å². The molecular weight excluding hydrogens is 170 g/mol. The van der Waals surface area contributed by atoms with Crippen LogP contribution in [0.4, 0.5) is 0 Å². The van der Waals surface area contributed by atoms with Gasteiger partial charge in [-0.1, -0.05) is 5.16 Å². The third kappa shape index (κ3) is 2.78. The lowest BCUT2D eigenvalue weighted by molar-refractivity contribution is 0.0683. The van der Waals surface area contributed by atoms with Gasteiger partial charge in [0.2, 0.25) is 5.89 Å². The Labute approximate surface area is 77.3 Å². The van der Waals surface area contributed by atoms with Gasteiger partial charge in [0.05, 0.1) is 0 Å². The van der Waals surface area contributed by atoms with Gasteiger partial charge in [-0.15, -0.1) is 0 Å². The van der Waals surface area contributed by atoms with Crippen LogP contribution in [0.15, 0.2) is 4.52 Å². The molecule has 0 spiro atoms. The van der Waals surface area contributed by atoms with Gasteiger partial charge in [-0.2, -0.15) is 4.98 Å². The molecule has 0 bridgehead atoms. The van der Waals surface area contributed by atoms with Crippen LogP contribution < -0.4 is 5.73 Å². The van der Waals surface area contributed by atoms with E-state index in [-0.39, 0.29) is 6.10 Å². The smallest absolute Gasteiger partial charge is 0.228 e. The molecule has 5 nitrogen and oxygen atoms in total. The third-order valence-corrected chi connectivity index (χ3v) is 1.62. The Morgan fingerprint density at radius 2 is 2.38 bits per heavy atom. The molecule has 1 atom stereocenters. The fourth-order valence-electron chi connectivity index (χ4n) is 0.983. The first kappa shape index (κ1) is 10.1. The molecule has 1 unspecified atom stereocenters. The molecule has 0 aliphatic rings. The fraction of sp³-hybridized carbons (Fsp3) is 0.750. The van der Waals surface area contributed by atoms with E-state index in [0.29, 0.717) is 31.3 Å².